The van der Waals surface area contributed by atoms with Gasteiger partial charge in [-0.25, -0.2) is 0 Å². The van der Waals surface area contributed by atoms with Crippen LogP contribution in [0.2, 0.25) is 0 Å². The number of likely N-dealkylation sites (N-methyl/N-ethyl adjacent to an activating group) is 1. The molecule has 1 aliphatic carbocycles. The van der Waals surface area contributed by atoms with Crippen LogP contribution < -0.4 is 0 Å². The number of piperazine rings is 1. The molecule has 0 aromatic carbocycles. The van der Waals surface area contributed by atoms with Crippen molar-refractivity contribution >= 4 is 11.7 Å². The summed E-state index contributed by atoms with van der Waals surface area (Å²) in [7, 11) is 2.19. The number of nitrogens with zero attached hydrogens (tertiary/aromatic N) is 3. The lowest BCUT2D eigenvalue weighted by atomic mass is 9.79. The fourth-order valence-corrected chi connectivity index (χ4v) is 4.81. The van der Waals surface area contributed by atoms with Crippen molar-refractivity contribution in [2.24, 2.45) is 17.8 Å². The zero-order valence-corrected chi connectivity index (χ0v) is 16.1. The molecule has 0 bridgehead atoms. The van der Waals surface area contributed by atoms with Crippen molar-refractivity contribution in [1.29, 1.82) is 0 Å². The fraction of sp³-hybridized carbons (Fsp3) is 0.900. The quantitative estimate of drug-likeness (QED) is 0.777. The van der Waals surface area contributed by atoms with Crippen LogP contribution in [0.4, 0.5) is 0 Å². The van der Waals surface area contributed by atoms with Crippen LogP contribution in [-0.4, -0.2) is 79.3 Å². The van der Waals surface area contributed by atoms with E-state index in [1.165, 1.54) is 6.42 Å². The second-order valence-corrected chi connectivity index (χ2v) is 8.56. The number of piperidine rings is 1. The van der Waals surface area contributed by atoms with Crippen LogP contribution >= 0.6 is 0 Å². The predicted molar refractivity (Wildman–Crippen MR) is 99.4 cm³/mol. The first-order valence-corrected chi connectivity index (χ1v) is 10.2. The molecule has 2 aliphatic heterocycles. The number of ketones is 1. The summed E-state index contributed by atoms with van der Waals surface area (Å²) >= 11 is 0. The lowest BCUT2D eigenvalue weighted by Gasteiger charge is -2.40. The van der Waals surface area contributed by atoms with E-state index in [9.17, 15) is 9.59 Å². The number of amides is 1. The Morgan fingerprint density at radius 1 is 0.880 bits per heavy atom. The average Bonchev–Trinajstić information content (AvgIpc) is 2.63. The Bertz CT molecular complexity index is 466. The minimum absolute atomic E-state index is 0.165. The van der Waals surface area contributed by atoms with Crippen LogP contribution in [0.3, 0.4) is 0 Å². The van der Waals surface area contributed by atoms with Crippen molar-refractivity contribution < 1.29 is 9.59 Å². The molecule has 0 aromatic rings. The fourth-order valence-electron chi connectivity index (χ4n) is 4.81. The van der Waals surface area contributed by atoms with E-state index >= 15 is 0 Å². The van der Waals surface area contributed by atoms with E-state index < -0.39 is 0 Å². The molecule has 5 nitrogen and oxygen atoms in total. The van der Waals surface area contributed by atoms with Gasteiger partial charge in [0.1, 0.15) is 5.78 Å². The molecule has 0 radical (unpaired) electrons. The summed E-state index contributed by atoms with van der Waals surface area (Å²) < 4.78 is 0. The molecule has 3 fully saturated rings. The number of hydrogen-bond donors (Lipinski definition) is 0. The lowest BCUT2D eigenvalue weighted by molar-refractivity contribution is -0.139. The lowest BCUT2D eigenvalue weighted by Crippen LogP contribution is -2.50. The topological polar surface area (TPSA) is 43.9 Å². The molecule has 3 aliphatic rings. The Hall–Kier alpha value is -0.940. The molecule has 5 heteroatoms. The molecule has 3 rings (SSSR count). The molecule has 2 saturated heterocycles. The Balaban J connectivity index is 1.46. The summed E-state index contributed by atoms with van der Waals surface area (Å²) in [4.78, 5) is 31.6. The van der Waals surface area contributed by atoms with Crippen LogP contribution in [0, 0.1) is 17.8 Å². The van der Waals surface area contributed by atoms with Crippen LogP contribution in [0.15, 0.2) is 0 Å². The maximum absolute atomic E-state index is 12.9. The second kappa shape index (κ2) is 8.63. The third-order valence-electron chi connectivity index (χ3n) is 6.59. The largest absolute Gasteiger partial charge is 0.342 e. The van der Waals surface area contributed by atoms with Gasteiger partial charge in [-0.15, -0.1) is 0 Å². The first-order chi connectivity index (χ1) is 12.0. The molecule has 0 N–H and O–H groups in total. The SMILES string of the molecule is CC(=O)C1CCC(C(=O)N2CCCC(CN3CCN(C)CC3)C2)CC1. The Morgan fingerprint density at radius 2 is 1.52 bits per heavy atom. The van der Waals surface area contributed by atoms with Crippen molar-refractivity contribution in [2.75, 3.05) is 52.9 Å². The summed E-state index contributed by atoms with van der Waals surface area (Å²) in [5, 5.41) is 0. The molecule has 1 unspecified atom stereocenters. The van der Waals surface area contributed by atoms with Crippen LogP contribution in [0.1, 0.15) is 45.4 Å². The molecule has 1 amide bonds. The molecule has 1 atom stereocenters. The van der Waals surface area contributed by atoms with E-state index in [-0.39, 0.29) is 11.8 Å². The monoisotopic (exact) mass is 349 g/mol. The Kier molecular flexibility index (Phi) is 6.50. The van der Waals surface area contributed by atoms with E-state index in [1.807, 2.05) is 0 Å². The summed E-state index contributed by atoms with van der Waals surface area (Å²) in [5.74, 6) is 1.67. The highest BCUT2D eigenvalue weighted by Gasteiger charge is 2.33. The van der Waals surface area contributed by atoms with Crippen LogP contribution in [0.25, 0.3) is 0 Å². The molecule has 142 valence electrons. The highest BCUT2D eigenvalue weighted by atomic mass is 16.2. The van der Waals surface area contributed by atoms with E-state index in [0.717, 1.165) is 77.9 Å². The number of carbonyl (C=O) groups excluding carboxylic acids is 2. The van der Waals surface area contributed by atoms with Gasteiger partial charge in [-0.2, -0.15) is 0 Å². The van der Waals surface area contributed by atoms with Crippen molar-refractivity contribution in [3.05, 3.63) is 0 Å². The number of rotatable bonds is 4. The van der Waals surface area contributed by atoms with Crippen molar-refractivity contribution in [2.45, 2.75) is 45.4 Å². The summed E-state index contributed by atoms with van der Waals surface area (Å²) in [6, 6.07) is 0. The molecular formula is C20H35N3O2. The normalized spacial score (nSPS) is 32.6. The number of carbonyl (C=O) groups is 2. The number of hydrogen-bond acceptors (Lipinski definition) is 4. The zero-order chi connectivity index (χ0) is 17.8. The highest BCUT2D eigenvalue weighted by Crippen LogP contribution is 2.31. The van der Waals surface area contributed by atoms with Gasteiger partial charge >= 0.3 is 0 Å². The van der Waals surface area contributed by atoms with Gasteiger partial charge < -0.3 is 14.7 Å². The van der Waals surface area contributed by atoms with Crippen molar-refractivity contribution in [1.82, 2.24) is 14.7 Å². The van der Waals surface area contributed by atoms with Crippen molar-refractivity contribution in [3.8, 4) is 0 Å². The average molecular weight is 350 g/mol. The summed E-state index contributed by atoms with van der Waals surface area (Å²) in [6.45, 7) is 9.37. The van der Waals surface area contributed by atoms with Gasteiger partial charge in [-0.3, -0.25) is 9.59 Å². The van der Waals surface area contributed by atoms with E-state index in [1.54, 1.807) is 6.92 Å². The van der Waals surface area contributed by atoms with Gasteiger partial charge in [0.15, 0.2) is 0 Å². The third kappa shape index (κ3) is 5.04. The maximum Gasteiger partial charge on any atom is 0.225 e. The number of likely N-dealkylation sites (tertiary alicyclic amines) is 1. The molecule has 1 saturated carbocycles. The van der Waals surface area contributed by atoms with Gasteiger partial charge in [-0.05, 0) is 58.4 Å². The van der Waals surface area contributed by atoms with Gasteiger partial charge in [0, 0.05) is 57.6 Å². The zero-order valence-electron chi connectivity index (χ0n) is 16.1. The molecule has 0 aromatic heterocycles. The van der Waals surface area contributed by atoms with Crippen molar-refractivity contribution in [3.63, 3.8) is 0 Å². The number of Topliss-reactive ketones (excluding diaryl/α,β-unsaturated/α-hetero) is 1. The minimum Gasteiger partial charge on any atom is -0.342 e. The molecular weight excluding hydrogens is 314 g/mol. The second-order valence-electron chi connectivity index (χ2n) is 8.56. The van der Waals surface area contributed by atoms with Crippen LogP contribution in [0.5, 0.6) is 0 Å². The molecule has 25 heavy (non-hydrogen) atoms. The van der Waals surface area contributed by atoms with E-state index in [4.69, 9.17) is 0 Å². The highest BCUT2D eigenvalue weighted by molar-refractivity contribution is 5.81. The van der Waals surface area contributed by atoms with Crippen LogP contribution in [-0.2, 0) is 9.59 Å². The standard InChI is InChI=1S/C20H35N3O2/c1-16(24)18-5-7-19(8-6-18)20(25)23-9-3-4-17(15-23)14-22-12-10-21(2)11-13-22/h17-19H,3-15H2,1-2H3. The molecule has 2 heterocycles. The predicted octanol–water partition coefficient (Wildman–Crippen LogP) is 1.87. The third-order valence-corrected chi connectivity index (χ3v) is 6.59. The first kappa shape index (κ1) is 18.8. The first-order valence-electron chi connectivity index (χ1n) is 10.2. The smallest absolute Gasteiger partial charge is 0.225 e. The van der Waals surface area contributed by atoms with Gasteiger partial charge in [0.05, 0.1) is 0 Å². The summed E-state index contributed by atoms with van der Waals surface area (Å²) in [6.07, 6.45) is 6.03. The minimum atomic E-state index is 0.165. The van der Waals surface area contributed by atoms with Gasteiger partial charge in [0.2, 0.25) is 5.91 Å². The Morgan fingerprint density at radius 3 is 2.16 bits per heavy atom. The maximum atomic E-state index is 12.9. The Labute approximate surface area is 152 Å². The van der Waals surface area contributed by atoms with E-state index in [2.05, 4.69) is 21.7 Å². The molecule has 0 spiro atoms. The van der Waals surface area contributed by atoms with E-state index in [0.29, 0.717) is 17.6 Å². The van der Waals surface area contributed by atoms with Gasteiger partial charge in [0.25, 0.3) is 0 Å². The van der Waals surface area contributed by atoms with Gasteiger partial charge in [-0.1, -0.05) is 0 Å². The summed E-state index contributed by atoms with van der Waals surface area (Å²) in [5.41, 5.74) is 0.